The van der Waals surface area contributed by atoms with Crippen molar-refractivity contribution < 1.29 is 4.74 Å². The van der Waals surface area contributed by atoms with Gasteiger partial charge in [0.05, 0.1) is 6.10 Å². The van der Waals surface area contributed by atoms with Gasteiger partial charge in [-0.3, -0.25) is 0 Å². The van der Waals surface area contributed by atoms with Crippen molar-refractivity contribution >= 4 is 0 Å². The summed E-state index contributed by atoms with van der Waals surface area (Å²) >= 11 is 0. The average molecular weight is 227 g/mol. The standard InChI is InChI=1S/C14H29NO/c1-11(2)13-7-6-12(3)10-14(13)16-9-5-8-15-4/h11-15H,5-10H2,1-4H3. The lowest BCUT2D eigenvalue weighted by molar-refractivity contribution is -0.0387. The molecular weight excluding hydrogens is 198 g/mol. The summed E-state index contributed by atoms with van der Waals surface area (Å²) in [6.07, 6.45) is 5.66. The SMILES string of the molecule is CNCCCOC1CC(C)CCC1C(C)C. The van der Waals surface area contributed by atoms with Crippen molar-refractivity contribution in [3.05, 3.63) is 0 Å². The molecule has 96 valence electrons. The summed E-state index contributed by atoms with van der Waals surface area (Å²) < 4.78 is 6.09. The minimum absolute atomic E-state index is 0.514. The highest BCUT2D eigenvalue weighted by Crippen LogP contribution is 2.35. The van der Waals surface area contributed by atoms with Crippen molar-refractivity contribution in [2.45, 2.75) is 52.6 Å². The van der Waals surface area contributed by atoms with E-state index < -0.39 is 0 Å². The highest BCUT2D eigenvalue weighted by molar-refractivity contribution is 4.81. The van der Waals surface area contributed by atoms with Crippen LogP contribution < -0.4 is 5.32 Å². The zero-order valence-electron chi connectivity index (χ0n) is 11.5. The van der Waals surface area contributed by atoms with Crippen molar-refractivity contribution in [3.63, 3.8) is 0 Å². The second-order valence-electron chi connectivity index (χ2n) is 5.69. The second-order valence-corrected chi connectivity index (χ2v) is 5.69. The van der Waals surface area contributed by atoms with Crippen molar-refractivity contribution in [1.82, 2.24) is 5.32 Å². The third kappa shape index (κ3) is 4.42. The van der Waals surface area contributed by atoms with E-state index in [4.69, 9.17) is 4.74 Å². The molecule has 0 amide bonds. The van der Waals surface area contributed by atoms with Gasteiger partial charge in [-0.2, -0.15) is 0 Å². The molecule has 1 fully saturated rings. The molecule has 0 spiro atoms. The number of rotatable bonds is 6. The van der Waals surface area contributed by atoms with Gasteiger partial charge in [0.15, 0.2) is 0 Å². The Kier molecular flexibility index (Phi) is 6.37. The van der Waals surface area contributed by atoms with E-state index in [9.17, 15) is 0 Å². The van der Waals surface area contributed by atoms with Crippen LogP contribution in [0.3, 0.4) is 0 Å². The maximum Gasteiger partial charge on any atom is 0.0608 e. The topological polar surface area (TPSA) is 21.3 Å². The van der Waals surface area contributed by atoms with Gasteiger partial charge in [-0.1, -0.05) is 27.2 Å². The summed E-state index contributed by atoms with van der Waals surface area (Å²) in [5, 5.41) is 3.17. The highest BCUT2D eigenvalue weighted by Gasteiger charge is 2.30. The first-order valence-electron chi connectivity index (χ1n) is 6.91. The normalized spacial score (nSPS) is 30.9. The van der Waals surface area contributed by atoms with E-state index in [1.165, 1.54) is 19.3 Å². The molecule has 0 bridgehead atoms. The quantitative estimate of drug-likeness (QED) is 0.704. The van der Waals surface area contributed by atoms with Crippen molar-refractivity contribution in [2.75, 3.05) is 20.2 Å². The van der Waals surface area contributed by atoms with Gasteiger partial charge in [0, 0.05) is 6.61 Å². The predicted octanol–water partition coefficient (Wildman–Crippen LogP) is 3.07. The van der Waals surface area contributed by atoms with Crippen LogP contribution in [-0.4, -0.2) is 26.3 Å². The number of hydrogen-bond donors (Lipinski definition) is 1. The molecule has 0 saturated heterocycles. The molecule has 0 aliphatic heterocycles. The van der Waals surface area contributed by atoms with Gasteiger partial charge in [-0.15, -0.1) is 0 Å². The maximum atomic E-state index is 6.09. The van der Waals surface area contributed by atoms with Gasteiger partial charge in [0.2, 0.25) is 0 Å². The Labute approximate surface area is 101 Å². The van der Waals surface area contributed by atoms with E-state index >= 15 is 0 Å². The molecule has 1 rings (SSSR count). The molecule has 0 aromatic carbocycles. The van der Waals surface area contributed by atoms with Gasteiger partial charge >= 0.3 is 0 Å². The Balaban J connectivity index is 2.33. The average Bonchev–Trinajstić information content (AvgIpc) is 2.24. The molecule has 1 aliphatic rings. The molecule has 3 unspecified atom stereocenters. The lowest BCUT2D eigenvalue weighted by Gasteiger charge is -2.37. The van der Waals surface area contributed by atoms with Gasteiger partial charge in [0.25, 0.3) is 0 Å². The van der Waals surface area contributed by atoms with Crippen molar-refractivity contribution in [3.8, 4) is 0 Å². The monoisotopic (exact) mass is 227 g/mol. The number of nitrogens with one attached hydrogen (secondary N) is 1. The summed E-state index contributed by atoms with van der Waals surface area (Å²) in [5.74, 6) is 2.40. The van der Waals surface area contributed by atoms with Gasteiger partial charge in [-0.25, -0.2) is 0 Å². The minimum atomic E-state index is 0.514. The molecule has 0 heterocycles. The molecule has 2 nitrogen and oxygen atoms in total. The first kappa shape index (κ1) is 14.0. The molecule has 1 saturated carbocycles. The largest absolute Gasteiger partial charge is 0.378 e. The maximum absolute atomic E-state index is 6.09. The molecule has 3 atom stereocenters. The molecule has 0 radical (unpaired) electrons. The van der Waals surface area contributed by atoms with Gasteiger partial charge < -0.3 is 10.1 Å². The summed E-state index contributed by atoms with van der Waals surface area (Å²) in [5.41, 5.74) is 0. The van der Waals surface area contributed by atoms with E-state index in [0.29, 0.717) is 6.10 Å². The van der Waals surface area contributed by atoms with Crippen molar-refractivity contribution in [2.24, 2.45) is 17.8 Å². The Morgan fingerprint density at radius 2 is 2.06 bits per heavy atom. The van der Waals surface area contributed by atoms with Gasteiger partial charge in [0.1, 0.15) is 0 Å². The molecule has 0 aromatic heterocycles. The van der Waals surface area contributed by atoms with Crippen LogP contribution in [0.2, 0.25) is 0 Å². The van der Waals surface area contributed by atoms with E-state index in [1.54, 1.807) is 0 Å². The van der Waals surface area contributed by atoms with Crippen LogP contribution in [0.5, 0.6) is 0 Å². The zero-order chi connectivity index (χ0) is 12.0. The zero-order valence-corrected chi connectivity index (χ0v) is 11.5. The second kappa shape index (κ2) is 7.29. The van der Waals surface area contributed by atoms with E-state index in [2.05, 4.69) is 26.1 Å². The highest BCUT2D eigenvalue weighted by atomic mass is 16.5. The Morgan fingerprint density at radius 1 is 1.31 bits per heavy atom. The van der Waals surface area contributed by atoms with Crippen LogP contribution in [0.4, 0.5) is 0 Å². The first-order chi connectivity index (χ1) is 7.65. The third-order valence-electron chi connectivity index (χ3n) is 3.86. The van der Waals surface area contributed by atoms with Crippen LogP contribution in [0.1, 0.15) is 46.5 Å². The van der Waals surface area contributed by atoms with Gasteiger partial charge in [-0.05, 0) is 50.6 Å². The van der Waals surface area contributed by atoms with Crippen LogP contribution in [0, 0.1) is 17.8 Å². The minimum Gasteiger partial charge on any atom is -0.378 e. The molecular formula is C14H29NO. The molecule has 1 aliphatic carbocycles. The molecule has 16 heavy (non-hydrogen) atoms. The first-order valence-corrected chi connectivity index (χ1v) is 6.91. The van der Waals surface area contributed by atoms with Crippen LogP contribution >= 0.6 is 0 Å². The van der Waals surface area contributed by atoms with E-state index in [0.717, 1.165) is 37.3 Å². The lowest BCUT2D eigenvalue weighted by atomic mass is 9.75. The van der Waals surface area contributed by atoms with Crippen LogP contribution in [0.15, 0.2) is 0 Å². The molecule has 2 heteroatoms. The summed E-state index contributed by atoms with van der Waals surface area (Å²) in [4.78, 5) is 0. The summed E-state index contributed by atoms with van der Waals surface area (Å²) in [6.45, 7) is 9.02. The number of hydrogen-bond acceptors (Lipinski definition) is 2. The molecule has 0 aromatic rings. The molecule has 1 N–H and O–H groups in total. The summed E-state index contributed by atoms with van der Waals surface area (Å²) in [7, 11) is 2.00. The summed E-state index contributed by atoms with van der Waals surface area (Å²) in [6, 6.07) is 0. The fraction of sp³-hybridized carbons (Fsp3) is 1.00. The Hall–Kier alpha value is -0.0800. The van der Waals surface area contributed by atoms with Crippen LogP contribution in [-0.2, 0) is 4.74 Å². The lowest BCUT2D eigenvalue weighted by Crippen LogP contribution is -2.34. The van der Waals surface area contributed by atoms with E-state index in [-0.39, 0.29) is 0 Å². The van der Waals surface area contributed by atoms with Crippen molar-refractivity contribution in [1.29, 1.82) is 0 Å². The predicted molar refractivity (Wildman–Crippen MR) is 69.6 cm³/mol. The smallest absolute Gasteiger partial charge is 0.0608 e. The fourth-order valence-electron chi connectivity index (χ4n) is 2.79. The van der Waals surface area contributed by atoms with Crippen LogP contribution in [0.25, 0.3) is 0 Å². The fourth-order valence-corrected chi connectivity index (χ4v) is 2.79. The number of ether oxygens (including phenoxy) is 1. The van der Waals surface area contributed by atoms with E-state index in [1.807, 2.05) is 7.05 Å². The third-order valence-corrected chi connectivity index (χ3v) is 3.86. The Morgan fingerprint density at radius 3 is 2.69 bits per heavy atom. The Bertz CT molecular complexity index is 182.